The number of piperidine rings is 1. The van der Waals surface area contributed by atoms with E-state index in [0.717, 1.165) is 17.7 Å². The van der Waals surface area contributed by atoms with Crippen LogP contribution in [0.1, 0.15) is 43.9 Å². The van der Waals surface area contributed by atoms with Crippen LogP contribution in [0.2, 0.25) is 0 Å². The van der Waals surface area contributed by atoms with E-state index < -0.39 is 23.1 Å². The number of hydrogen-bond acceptors (Lipinski definition) is 2. The molecule has 1 heterocycles. The third-order valence-corrected chi connectivity index (χ3v) is 5.61. The molecule has 0 aliphatic carbocycles. The summed E-state index contributed by atoms with van der Waals surface area (Å²) >= 11 is 0. The van der Waals surface area contributed by atoms with E-state index >= 15 is 0 Å². The molecule has 2 aromatic carbocycles. The molecule has 0 saturated carbocycles. The van der Waals surface area contributed by atoms with E-state index in [0.29, 0.717) is 31.5 Å². The van der Waals surface area contributed by atoms with Gasteiger partial charge < -0.3 is 10.2 Å². The van der Waals surface area contributed by atoms with Gasteiger partial charge >= 0.3 is 0 Å². The Morgan fingerprint density at radius 2 is 1.68 bits per heavy atom. The summed E-state index contributed by atoms with van der Waals surface area (Å²) in [4.78, 5) is 26.8. The van der Waals surface area contributed by atoms with Gasteiger partial charge in [-0.1, -0.05) is 36.4 Å². The topological polar surface area (TPSA) is 49.4 Å². The molecule has 1 saturated heterocycles. The zero-order valence-electron chi connectivity index (χ0n) is 16.0. The van der Waals surface area contributed by atoms with Crippen molar-refractivity contribution in [2.24, 2.45) is 0 Å². The number of benzene rings is 2. The van der Waals surface area contributed by atoms with E-state index in [2.05, 4.69) is 5.32 Å². The van der Waals surface area contributed by atoms with Gasteiger partial charge in [-0.05, 0) is 43.0 Å². The second kappa shape index (κ2) is 8.09. The predicted octanol–water partition coefficient (Wildman–Crippen LogP) is 3.72. The number of hydrogen-bond donors (Lipinski definition) is 1. The summed E-state index contributed by atoms with van der Waals surface area (Å²) in [5.41, 5.74) is 0.630. The lowest BCUT2D eigenvalue weighted by Gasteiger charge is -2.41. The highest BCUT2D eigenvalue weighted by Gasteiger charge is 2.43. The van der Waals surface area contributed by atoms with Crippen LogP contribution in [0.15, 0.2) is 48.5 Å². The first kappa shape index (κ1) is 20.0. The summed E-state index contributed by atoms with van der Waals surface area (Å²) in [6.07, 6.45) is 1.01. The molecule has 2 amide bonds. The molecule has 1 aliphatic rings. The van der Waals surface area contributed by atoms with Crippen molar-refractivity contribution < 1.29 is 18.4 Å². The standard InChI is InChI=1S/C22H24F2N2O2/c1-15(17-8-9-19(23)20(24)14-17)25-21(28)22(18-6-4-3-5-7-18)10-12-26(13-11-22)16(2)27/h3-9,14-15H,10-13H2,1-2H3,(H,25,28). The van der Waals surface area contributed by atoms with Crippen LogP contribution in [0.5, 0.6) is 0 Å². The average Bonchev–Trinajstić information content (AvgIpc) is 2.70. The van der Waals surface area contributed by atoms with Crippen molar-refractivity contribution in [3.8, 4) is 0 Å². The molecule has 6 heteroatoms. The van der Waals surface area contributed by atoms with Crippen LogP contribution < -0.4 is 5.32 Å². The molecular weight excluding hydrogens is 362 g/mol. The molecule has 1 unspecified atom stereocenters. The highest BCUT2D eigenvalue weighted by Crippen LogP contribution is 2.36. The minimum Gasteiger partial charge on any atom is -0.349 e. The zero-order valence-corrected chi connectivity index (χ0v) is 16.0. The highest BCUT2D eigenvalue weighted by atomic mass is 19.2. The Morgan fingerprint density at radius 1 is 1.04 bits per heavy atom. The van der Waals surface area contributed by atoms with Crippen LogP contribution in [0, 0.1) is 11.6 Å². The lowest BCUT2D eigenvalue weighted by atomic mass is 9.71. The number of likely N-dealkylation sites (tertiary alicyclic amines) is 1. The van der Waals surface area contributed by atoms with E-state index in [1.807, 2.05) is 30.3 Å². The number of halogens is 2. The Bertz CT molecular complexity index is 862. The second-order valence-corrected chi connectivity index (χ2v) is 7.32. The average molecular weight is 386 g/mol. The van der Waals surface area contributed by atoms with E-state index in [-0.39, 0.29) is 11.8 Å². The Hall–Kier alpha value is -2.76. The fraction of sp³-hybridized carbons (Fsp3) is 0.364. The molecule has 3 rings (SSSR count). The lowest BCUT2D eigenvalue weighted by Crippen LogP contribution is -2.52. The van der Waals surface area contributed by atoms with Crippen LogP contribution >= 0.6 is 0 Å². The molecule has 4 nitrogen and oxygen atoms in total. The summed E-state index contributed by atoms with van der Waals surface area (Å²) in [5, 5.41) is 2.96. The summed E-state index contributed by atoms with van der Waals surface area (Å²) in [6, 6.07) is 12.7. The van der Waals surface area contributed by atoms with Gasteiger partial charge in [0.15, 0.2) is 11.6 Å². The summed E-state index contributed by atoms with van der Waals surface area (Å²) in [5.74, 6) is -2.03. The minimum absolute atomic E-state index is 0.00257. The SMILES string of the molecule is CC(=O)N1CCC(C(=O)NC(C)c2ccc(F)c(F)c2)(c2ccccc2)CC1. The summed E-state index contributed by atoms with van der Waals surface area (Å²) in [6.45, 7) is 4.27. The maximum absolute atomic E-state index is 13.6. The van der Waals surface area contributed by atoms with E-state index in [1.165, 1.54) is 13.0 Å². The lowest BCUT2D eigenvalue weighted by molar-refractivity contribution is -0.135. The Morgan fingerprint density at radius 3 is 2.25 bits per heavy atom. The number of rotatable bonds is 4. The Kier molecular flexibility index (Phi) is 5.77. The van der Waals surface area contributed by atoms with Gasteiger partial charge in [0.1, 0.15) is 0 Å². The van der Waals surface area contributed by atoms with Crippen molar-refractivity contribution in [3.05, 3.63) is 71.3 Å². The maximum Gasteiger partial charge on any atom is 0.231 e. The number of nitrogens with one attached hydrogen (secondary N) is 1. The molecule has 2 aromatic rings. The molecule has 0 radical (unpaired) electrons. The first-order chi connectivity index (χ1) is 13.3. The van der Waals surface area contributed by atoms with Gasteiger partial charge in [-0.2, -0.15) is 0 Å². The molecular formula is C22H24F2N2O2. The molecule has 1 N–H and O–H groups in total. The number of carbonyl (C=O) groups excluding carboxylic acids is 2. The number of nitrogens with zero attached hydrogens (tertiary/aromatic N) is 1. The van der Waals surface area contributed by atoms with E-state index in [9.17, 15) is 18.4 Å². The third kappa shape index (κ3) is 3.91. The predicted molar refractivity (Wildman–Crippen MR) is 103 cm³/mol. The maximum atomic E-state index is 13.6. The first-order valence-corrected chi connectivity index (χ1v) is 9.40. The van der Waals surface area contributed by atoms with Crippen molar-refractivity contribution in [2.45, 2.75) is 38.1 Å². The Labute approximate surface area is 163 Å². The largest absolute Gasteiger partial charge is 0.349 e. The normalized spacial score (nSPS) is 17.1. The van der Waals surface area contributed by atoms with Crippen molar-refractivity contribution in [1.82, 2.24) is 10.2 Å². The summed E-state index contributed by atoms with van der Waals surface area (Å²) < 4.78 is 26.8. The first-order valence-electron chi connectivity index (χ1n) is 9.40. The highest BCUT2D eigenvalue weighted by molar-refractivity contribution is 5.89. The van der Waals surface area contributed by atoms with Crippen LogP contribution in [0.4, 0.5) is 8.78 Å². The quantitative estimate of drug-likeness (QED) is 0.871. The van der Waals surface area contributed by atoms with Gasteiger partial charge in [0, 0.05) is 20.0 Å². The number of amides is 2. The van der Waals surface area contributed by atoms with Gasteiger partial charge in [0.25, 0.3) is 0 Å². The molecule has 28 heavy (non-hydrogen) atoms. The molecule has 1 atom stereocenters. The van der Waals surface area contributed by atoms with Gasteiger partial charge in [-0.3, -0.25) is 9.59 Å². The molecule has 1 fully saturated rings. The third-order valence-electron chi connectivity index (χ3n) is 5.61. The smallest absolute Gasteiger partial charge is 0.231 e. The molecule has 1 aliphatic heterocycles. The molecule has 0 spiro atoms. The van der Waals surface area contributed by atoms with Gasteiger partial charge in [0.2, 0.25) is 11.8 Å². The van der Waals surface area contributed by atoms with Crippen LogP contribution in [0.25, 0.3) is 0 Å². The van der Waals surface area contributed by atoms with E-state index in [4.69, 9.17) is 0 Å². The van der Waals surface area contributed by atoms with Gasteiger partial charge in [-0.25, -0.2) is 8.78 Å². The van der Waals surface area contributed by atoms with Gasteiger partial charge in [0.05, 0.1) is 11.5 Å². The van der Waals surface area contributed by atoms with Crippen molar-refractivity contribution in [2.75, 3.05) is 13.1 Å². The van der Waals surface area contributed by atoms with Crippen LogP contribution in [-0.4, -0.2) is 29.8 Å². The zero-order chi connectivity index (χ0) is 20.3. The number of carbonyl (C=O) groups is 2. The van der Waals surface area contributed by atoms with Crippen molar-refractivity contribution >= 4 is 11.8 Å². The van der Waals surface area contributed by atoms with E-state index in [1.54, 1.807) is 11.8 Å². The molecule has 0 bridgehead atoms. The van der Waals surface area contributed by atoms with Gasteiger partial charge in [-0.15, -0.1) is 0 Å². The fourth-order valence-electron chi connectivity index (χ4n) is 3.81. The van der Waals surface area contributed by atoms with Crippen LogP contribution in [0.3, 0.4) is 0 Å². The summed E-state index contributed by atoms with van der Waals surface area (Å²) in [7, 11) is 0. The monoisotopic (exact) mass is 386 g/mol. The Balaban J connectivity index is 1.85. The minimum atomic E-state index is -0.939. The van der Waals surface area contributed by atoms with Crippen molar-refractivity contribution in [3.63, 3.8) is 0 Å². The fourth-order valence-corrected chi connectivity index (χ4v) is 3.81. The van der Waals surface area contributed by atoms with Crippen molar-refractivity contribution in [1.29, 1.82) is 0 Å². The second-order valence-electron chi connectivity index (χ2n) is 7.32. The van der Waals surface area contributed by atoms with Crippen LogP contribution in [-0.2, 0) is 15.0 Å². The molecule has 0 aromatic heterocycles. The molecule has 148 valence electrons.